The molecule has 0 aromatic heterocycles. The van der Waals surface area contributed by atoms with Crippen LogP contribution in [0.5, 0.6) is 0 Å². The molecule has 1 amide bonds. The summed E-state index contributed by atoms with van der Waals surface area (Å²) in [4.78, 5) is 23.4. The summed E-state index contributed by atoms with van der Waals surface area (Å²) in [5.74, 6) is -1.13. The largest absolute Gasteiger partial charge is 0.481 e. The molecule has 0 aliphatic carbocycles. The lowest BCUT2D eigenvalue weighted by Gasteiger charge is -2.19. The highest BCUT2D eigenvalue weighted by Gasteiger charge is 2.41. The molecule has 1 aromatic carbocycles. The summed E-state index contributed by atoms with van der Waals surface area (Å²) in [6, 6.07) is 6.98. The maximum absolute atomic E-state index is 12.5. The second-order valence-corrected chi connectivity index (χ2v) is 5.65. The number of benzene rings is 1. The molecule has 1 saturated heterocycles. The molecule has 4 unspecified atom stereocenters. The van der Waals surface area contributed by atoms with Crippen LogP contribution in [0.15, 0.2) is 24.3 Å². The number of anilines is 1. The summed E-state index contributed by atoms with van der Waals surface area (Å²) in [6.07, 6.45) is -0.203. The number of hydrogen-bond donors (Lipinski definition) is 2. The highest BCUT2D eigenvalue weighted by atomic mass is 16.5. The number of para-hydroxylation sites is 1. The van der Waals surface area contributed by atoms with Gasteiger partial charge in [-0.25, -0.2) is 0 Å². The van der Waals surface area contributed by atoms with Crippen molar-refractivity contribution in [3.05, 3.63) is 29.8 Å². The molecule has 114 valence electrons. The van der Waals surface area contributed by atoms with Crippen LogP contribution in [0.4, 0.5) is 5.69 Å². The number of amides is 1. The predicted octanol–water partition coefficient (Wildman–Crippen LogP) is 2.31. The third-order valence-electron chi connectivity index (χ3n) is 4.16. The van der Waals surface area contributed by atoms with E-state index in [9.17, 15) is 9.59 Å². The van der Waals surface area contributed by atoms with Gasteiger partial charge in [-0.15, -0.1) is 0 Å². The van der Waals surface area contributed by atoms with Crippen LogP contribution in [-0.4, -0.2) is 29.2 Å². The molecule has 1 heterocycles. The minimum absolute atomic E-state index is 0.0463. The molecule has 0 saturated carbocycles. The molecule has 2 N–H and O–H groups in total. The van der Waals surface area contributed by atoms with Crippen LogP contribution in [0.25, 0.3) is 0 Å². The zero-order valence-electron chi connectivity index (χ0n) is 12.5. The highest BCUT2D eigenvalue weighted by Crippen LogP contribution is 2.33. The minimum Gasteiger partial charge on any atom is -0.481 e. The van der Waals surface area contributed by atoms with E-state index < -0.39 is 5.97 Å². The van der Waals surface area contributed by atoms with Crippen molar-refractivity contribution in [3.63, 3.8) is 0 Å². The smallest absolute Gasteiger partial charge is 0.307 e. The predicted molar refractivity (Wildman–Crippen MR) is 79.1 cm³/mol. The first kappa shape index (κ1) is 15.5. The van der Waals surface area contributed by atoms with E-state index in [1.54, 1.807) is 24.3 Å². The Kier molecular flexibility index (Phi) is 4.63. The summed E-state index contributed by atoms with van der Waals surface area (Å²) in [5, 5.41) is 11.8. The standard InChI is InChI=1S/C16H21NO4/c1-9-10(2)21-11(3)15(9)16(20)17-13-7-5-4-6-12(13)8-14(18)19/h4-7,9-11,15H,8H2,1-3H3,(H,17,20)(H,18,19). The number of carboxylic acids is 1. The molecule has 0 spiro atoms. The maximum Gasteiger partial charge on any atom is 0.307 e. The summed E-state index contributed by atoms with van der Waals surface area (Å²) >= 11 is 0. The van der Waals surface area contributed by atoms with E-state index in [-0.39, 0.29) is 36.4 Å². The van der Waals surface area contributed by atoms with Gasteiger partial charge < -0.3 is 15.2 Å². The Morgan fingerprint density at radius 2 is 1.86 bits per heavy atom. The number of ether oxygens (including phenoxy) is 1. The molecule has 21 heavy (non-hydrogen) atoms. The van der Waals surface area contributed by atoms with Crippen LogP contribution < -0.4 is 5.32 Å². The van der Waals surface area contributed by atoms with E-state index in [1.165, 1.54) is 0 Å². The fourth-order valence-corrected chi connectivity index (χ4v) is 2.89. The topological polar surface area (TPSA) is 75.6 Å². The summed E-state index contributed by atoms with van der Waals surface area (Å²) in [5.41, 5.74) is 1.16. The first-order valence-electron chi connectivity index (χ1n) is 7.16. The van der Waals surface area contributed by atoms with E-state index in [2.05, 4.69) is 5.32 Å². The lowest BCUT2D eigenvalue weighted by Crippen LogP contribution is -2.32. The molecule has 1 aliphatic heterocycles. The monoisotopic (exact) mass is 291 g/mol. The second-order valence-electron chi connectivity index (χ2n) is 5.65. The molecule has 0 bridgehead atoms. The van der Waals surface area contributed by atoms with Crippen molar-refractivity contribution in [1.82, 2.24) is 0 Å². The molecule has 5 heteroatoms. The Bertz CT molecular complexity index is 543. The van der Waals surface area contributed by atoms with E-state index in [4.69, 9.17) is 9.84 Å². The van der Waals surface area contributed by atoms with Gasteiger partial charge in [-0.05, 0) is 31.4 Å². The number of carbonyl (C=O) groups is 2. The quantitative estimate of drug-likeness (QED) is 0.892. The number of hydrogen-bond acceptors (Lipinski definition) is 3. The van der Waals surface area contributed by atoms with Gasteiger partial charge in [0.1, 0.15) is 0 Å². The van der Waals surface area contributed by atoms with Crippen molar-refractivity contribution in [2.75, 3.05) is 5.32 Å². The molecule has 4 atom stereocenters. The van der Waals surface area contributed by atoms with Gasteiger partial charge in [-0.1, -0.05) is 25.1 Å². The van der Waals surface area contributed by atoms with E-state index in [0.717, 1.165) is 0 Å². The van der Waals surface area contributed by atoms with Crippen molar-refractivity contribution < 1.29 is 19.4 Å². The summed E-state index contributed by atoms with van der Waals surface area (Å²) < 4.78 is 5.68. The molecular weight excluding hydrogens is 270 g/mol. The third-order valence-corrected chi connectivity index (χ3v) is 4.16. The first-order chi connectivity index (χ1) is 9.90. The number of rotatable bonds is 4. The van der Waals surface area contributed by atoms with Crippen LogP contribution in [-0.2, 0) is 20.7 Å². The van der Waals surface area contributed by atoms with Crippen LogP contribution in [0, 0.1) is 11.8 Å². The van der Waals surface area contributed by atoms with Gasteiger partial charge in [0, 0.05) is 5.69 Å². The number of carbonyl (C=O) groups excluding carboxylic acids is 1. The SMILES string of the molecule is CC1OC(C)C(C(=O)Nc2ccccc2CC(=O)O)C1C. The lowest BCUT2D eigenvalue weighted by molar-refractivity contribution is -0.136. The minimum atomic E-state index is -0.920. The normalized spacial score (nSPS) is 28.3. The Morgan fingerprint density at radius 3 is 2.43 bits per heavy atom. The number of nitrogens with one attached hydrogen (secondary N) is 1. The van der Waals surface area contributed by atoms with Gasteiger partial charge in [-0.3, -0.25) is 9.59 Å². The molecule has 2 rings (SSSR count). The van der Waals surface area contributed by atoms with Crippen molar-refractivity contribution in [2.24, 2.45) is 11.8 Å². The van der Waals surface area contributed by atoms with Crippen molar-refractivity contribution in [3.8, 4) is 0 Å². The molecule has 5 nitrogen and oxygen atoms in total. The fourth-order valence-electron chi connectivity index (χ4n) is 2.89. The molecule has 1 aromatic rings. The first-order valence-corrected chi connectivity index (χ1v) is 7.16. The third kappa shape index (κ3) is 3.42. The van der Waals surface area contributed by atoms with Crippen LogP contribution in [0.1, 0.15) is 26.3 Å². The van der Waals surface area contributed by atoms with E-state index in [0.29, 0.717) is 11.3 Å². The average Bonchev–Trinajstić information content (AvgIpc) is 2.65. The molecule has 0 radical (unpaired) electrons. The Hall–Kier alpha value is -1.88. The Labute approximate surface area is 124 Å². The van der Waals surface area contributed by atoms with Crippen LogP contribution in [0.3, 0.4) is 0 Å². The number of carboxylic acid groups (broad SMARTS) is 1. The van der Waals surface area contributed by atoms with Gasteiger partial charge in [0.05, 0.1) is 24.5 Å². The van der Waals surface area contributed by atoms with Crippen LogP contribution >= 0.6 is 0 Å². The Morgan fingerprint density at radius 1 is 1.19 bits per heavy atom. The van der Waals surface area contributed by atoms with E-state index >= 15 is 0 Å². The zero-order chi connectivity index (χ0) is 15.6. The van der Waals surface area contributed by atoms with Crippen LogP contribution in [0.2, 0.25) is 0 Å². The second kappa shape index (κ2) is 6.26. The molecule has 1 fully saturated rings. The maximum atomic E-state index is 12.5. The number of aliphatic carboxylic acids is 1. The zero-order valence-corrected chi connectivity index (χ0v) is 12.5. The van der Waals surface area contributed by atoms with Gasteiger partial charge in [0.15, 0.2) is 0 Å². The van der Waals surface area contributed by atoms with Gasteiger partial charge in [-0.2, -0.15) is 0 Å². The average molecular weight is 291 g/mol. The summed E-state index contributed by atoms with van der Waals surface area (Å²) in [7, 11) is 0. The van der Waals surface area contributed by atoms with Gasteiger partial charge in [0.25, 0.3) is 0 Å². The molecule has 1 aliphatic rings. The fraction of sp³-hybridized carbons (Fsp3) is 0.500. The van der Waals surface area contributed by atoms with Crippen molar-refractivity contribution >= 4 is 17.6 Å². The van der Waals surface area contributed by atoms with Crippen molar-refractivity contribution in [2.45, 2.75) is 39.4 Å². The van der Waals surface area contributed by atoms with Gasteiger partial charge in [0.2, 0.25) is 5.91 Å². The van der Waals surface area contributed by atoms with Crippen molar-refractivity contribution in [1.29, 1.82) is 0 Å². The lowest BCUT2D eigenvalue weighted by atomic mass is 9.88. The van der Waals surface area contributed by atoms with E-state index in [1.807, 2.05) is 20.8 Å². The Balaban J connectivity index is 2.15. The highest BCUT2D eigenvalue weighted by molar-refractivity contribution is 5.94. The molecular formula is C16H21NO4. The van der Waals surface area contributed by atoms with Gasteiger partial charge >= 0.3 is 5.97 Å². The summed E-state index contributed by atoms with van der Waals surface area (Å²) in [6.45, 7) is 5.86.